The van der Waals surface area contributed by atoms with E-state index in [9.17, 15) is 9.59 Å². The molecule has 0 aliphatic carbocycles. The molecule has 2 amide bonds. The Morgan fingerprint density at radius 3 is 2.25 bits per heavy atom. The van der Waals surface area contributed by atoms with Gasteiger partial charge in [-0.25, -0.2) is 0 Å². The molecule has 94 valence electrons. The summed E-state index contributed by atoms with van der Waals surface area (Å²) in [6.07, 6.45) is 2.16. The fraction of sp³-hybridized carbons (Fsp3) is 0.818. The maximum absolute atomic E-state index is 11.5. The molecule has 0 aliphatic heterocycles. The Balaban J connectivity index is 3.55. The van der Waals surface area contributed by atoms with Gasteiger partial charge in [-0.1, -0.05) is 20.8 Å². The predicted octanol–water partition coefficient (Wildman–Crippen LogP) is 0.132. The summed E-state index contributed by atoms with van der Waals surface area (Å²) in [5, 5.41) is 2.83. The van der Waals surface area contributed by atoms with E-state index in [0.717, 1.165) is 12.8 Å². The molecule has 0 aliphatic rings. The SMILES string of the molecule is CC(C)(C)C(=O)NCCCC[C@H](N)C(N)=O. The summed E-state index contributed by atoms with van der Waals surface area (Å²) >= 11 is 0. The Bertz CT molecular complexity index is 246. The summed E-state index contributed by atoms with van der Waals surface area (Å²) in [4.78, 5) is 22.1. The van der Waals surface area contributed by atoms with Crippen LogP contribution in [0.25, 0.3) is 0 Å². The zero-order chi connectivity index (χ0) is 12.8. The normalized spacial score (nSPS) is 13.2. The van der Waals surface area contributed by atoms with Crippen LogP contribution in [0.4, 0.5) is 0 Å². The molecule has 0 aromatic rings. The summed E-state index contributed by atoms with van der Waals surface area (Å²) < 4.78 is 0. The zero-order valence-electron chi connectivity index (χ0n) is 10.4. The Morgan fingerprint density at radius 2 is 1.81 bits per heavy atom. The second kappa shape index (κ2) is 6.48. The van der Waals surface area contributed by atoms with Crippen LogP contribution in [0.15, 0.2) is 0 Å². The van der Waals surface area contributed by atoms with Crippen molar-refractivity contribution in [1.82, 2.24) is 5.32 Å². The van der Waals surface area contributed by atoms with Crippen molar-refractivity contribution in [2.24, 2.45) is 16.9 Å². The molecule has 0 saturated carbocycles. The van der Waals surface area contributed by atoms with Crippen LogP contribution in [0, 0.1) is 5.41 Å². The molecular formula is C11H23N3O2. The molecule has 5 N–H and O–H groups in total. The third kappa shape index (κ3) is 6.40. The van der Waals surface area contributed by atoms with Crippen LogP contribution < -0.4 is 16.8 Å². The smallest absolute Gasteiger partial charge is 0.234 e. The van der Waals surface area contributed by atoms with Crippen molar-refractivity contribution < 1.29 is 9.59 Å². The van der Waals surface area contributed by atoms with Gasteiger partial charge < -0.3 is 16.8 Å². The number of hydrogen-bond acceptors (Lipinski definition) is 3. The predicted molar refractivity (Wildman–Crippen MR) is 63.5 cm³/mol. The third-order valence-electron chi connectivity index (χ3n) is 2.27. The van der Waals surface area contributed by atoms with Crippen LogP contribution in [0.1, 0.15) is 40.0 Å². The Labute approximate surface area is 96.9 Å². The molecule has 0 rings (SSSR count). The van der Waals surface area contributed by atoms with Crippen LogP contribution in [-0.4, -0.2) is 24.4 Å². The van der Waals surface area contributed by atoms with E-state index in [-0.39, 0.29) is 11.3 Å². The number of hydrogen-bond donors (Lipinski definition) is 3. The molecule has 0 aromatic carbocycles. The maximum Gasteiger partial charge on any atom is 0.234 e. The van der Waals surface area contributed by atoms with E-state index in [2.05, 4.69) is 5.32 Å². The van der Waals surface area contributed by atoms with E-state index in [1.54, 1.807) is 0 Å². The van der Waals surface area contributed by atoms with Crippen molar-refractivity contribution in [3.63, 3.8) is 0 Å². The largest absolute Gasteiger partial charge is 0.368 e. The Kier molecular flexibility index (Phi) is 6.03. The van der Waals surface area contributed by atoms with Gasteiger partial charge in [-0.05, 0) is 19.3 Å². The molecule has 1 atom stereocenters. The molecule has 0 radical (unpaired) electrons. The second-order valence-corrected chi connectivity index (χ2v) is 5.01. The molecule has 5 heteroatoms. The summed E-state index contributed by atoms with van der Waals surface area (Å²) in [6, 6.07) is -0.571. The standard InChI is InChI=1S/C11H23N3O2/c1-11(2,3)10(16)14-7-5-4-6-8(12)9(13)15/h8H,4-7,12H2,1-3H3,(H2,13,15)(H,14,16)/t8-/m0/s1. The first-order valence-corrected chi connectivity index (χ1v) is 5.58. The summed E-state index contributed by atoms with van der Waals surface area (Å²) in [7, 11) is 0. The van der Waals surface area contributed by atoms with Crippen molar-refractivity contribution in [3.05, 3.63) is 0 Å². The molecule has 0 saturated heterocycles. The van der Waals surface area contributed by atoms with Crippen molar-refractivity contribution >= 4 is 11.8 Å². The van der Waals surface area contributed by atoms with Gasteiger partial charge in [0, 0.05) is 12.0 Å². The fourth-order valence-electron chi connectivity index (χ4n) is 1.10. The molecule has 0 heterocycles. The van der Waals surface area contributed by atoms with Gasteiger partial charge in [0.1, 0.15) is 0 Å². The van der Waals surface area contributed by atoms with Crippen LogP contribution in [0.5, 0.6) is 0 Å². The molecule has 0 fully saturated rings. The fourth-order valence-corrected chi connectivity index (χ4v) is 1.10. The first-order valence-electron chi connectivity index (χ1n) is 5.58. The highest BCUT2D eigenvalue weighted by Gasteiger charge is 2.20. The lowest BCUT2D eigenvalue weighted by Gasteiger charge is -2.17. The van der Waals surface area contributed by atoms with Gasteiger partial charge in [-0.15, -0.1) is 0 Å². The highest BCUT2D eigenvalue weighted by molar-refractivity contribution is 5.81. The van der Waals surface area contributed by atoms with Gasteiger partial charge in [0.25, 0.3) is 0 Å². The van der Waals surface area contributed by atoms with Crippen molar-refractivity contribution in [3.8, 4) is 0 Å². The Morgan fingerprint density at radius 1 is 1.25 bits per heavy atom. The summed E-state index contributed by atoms with van der Waals surface area (Å²) in [5.41, 5.74) is 10.1. The minimum atomic E-state index is -0.571. The minimum Gasteiger partial charge on any atom is -0.368 e. The maximum atomic E-state index is 11.5. The van der Waals surface area contributed by atoms with E-state index in [4.69, 9.17) is 11.5 Å². The molecule has 0 unspecified atom stereocenters. The van der Waals surface area contributed by atoms with Gasteiger partial charge in [0.05, 0.1) is 6.04 Å². The van der Waals surface area contributed by atoms with Gasteiger partial charge in [-0.2, -0.15) is 0 Å². The molecule has 16 heavy (non-hydrogen) atoms. The van der Waals surface area contributed by atoms with E-state index >= 15 is 0 Å². The van der Waals surface area contributed by atoms with Crippen LogP contribution in [-0.2, 0) is 9.59 Å². The Hall–Kier alpha value is -1.10. The number of nitrogens with two attached hydrogens (primary N) is 2. The molecule has 0 bridgehead atoms. The quantitative estimate of drug-likeness (QED) is 0.565. The van der Waals surface area contributed by atoms with Crippen LogP contribution >= 0.6 is 0 Å². The number of carbonyl (C=O) groups is 2. The average Bonchev–Trinajstić information content (AvgIpc) is 2.14. The lowest BCUT2D eigenvalue weighted by Crippen LogP contribution is -2.37. The van der Waals surface area contributed by atoms with Gasteiger partial charge in [0.15, 0.2) is 0 Å². The lowest BCUT2D eigenvalue weighted by molar-refractivity contribution is -0.128. The first-order chi connectivity index (χ1) is 7.25. The van der Waals surface area contributed by atoms with E-state index in [1.807, 2.05) is 20.8 Å². The number of amides is 2. The lowest BCUT2D eigenvalue weighted by atomic mass is 9.95. The highest BCUT2D eigenvalue weighted by atomic mass is 16.2. The number of rotatable bonds is 6. The van der Waals surface area contributed by atoms with Crippen molar-refractivity contribution in [1.29, 1.82) is 0 Å². The molecular weight excluding hydrogens is 206 g/mol. The number of carbonyl (C=O) groups excluding carboxylic acids is 2. The number of unbranched alkanes of at least 4 members (excludes halogenated alkanes) is 1. The van der Waals surface area contributed by atoms with E-state index < -0.39 is 11.9 Å². The molecule has 5 nitrogen and oxygen atoms in total. The van der Waals surface area contributed by atoms with Gasteiger partial charge >= 0.3 is 0 Å². The minimum absolute atomic E-state index is 0.0340. The van der Waals surface area contributed by atoms with Crippen molar-refractivity contribution in [2.75, 3.05) is 6.54 Å². The zero-order valence-corrected chi connectivity index (χ0v) is 10.4. The second-order valence-electron chi connectivity index (χ2n) is 5.01. The topological polar surface area (TPSA) is 98.2 Å². The van der Waals surface area contributed by atoms with Gasteiger partial charge in [-0.3, -0.25) is 9.59 Å². The first kappa shape index (κ1) is 14.9. The monoisotopic (exact) mass is 229 g/mol. The summed E-state index contributed by atoms with van der Waals surface area (Å²) in [6.45, 7) is 6.21. The van der Waals surface area contributed by atoms with E-state index in [0.29, 0.717) is 13.0 Å². The van der Waals surface area contributed by atoms with E-state index in [1.165, 1.54) is 0 Å². The highest BCUT2D eigenvalue weighted by Crippen LogP contribution is 2.12. The average molecular weight is 229 g/mol. The van der Waals surface area contributed by atoms with Crippen LogP contribution in [0.2, 0.25) is 0 Å². The van der Waals surface area contributed by atoms with Crippen molar-refractivity contribution in [2.45, 2.75) is 46.1 Å². The molecule has 0 aromatic heterocycles. The summed E-state index contributed by atoms with van der Waals surface area (Å²) in [5.74, 6) is -0.439. The van der Waals surface area contributed by atoms with Crippen LogP contribution in [0.3, 0.4) is 0 Å². The molecule has 0 spiro atoms. The van der Waals surface area contributed by atoms with Gasteiger partial charge in [0.2, 0.25) is 11.8 Å². The number of nitrogens with one attached hydrogen (secondary N) is 1. The number of primary amides is 1. The third-order valence-corrected chi connectivity index (χ3v) is 2.27.